The highest BCUT2D eigenvalue weighted by atomic mass is 127. The largest absolute Gasteiger partial charge is 0.449 e. The number of fused-ring (bicyclic) bond motifs is 3. The van der Waals surface area contributed by atoms with Gasteiger partial charge in [-0.15, -0.1) is 0 Å². The summed E-state index contributed by atoms with van der Waals surface area (Å²) in [5.41, 5.74) is 4.02. The van der Waals surface area contributed by atoms with E-state index in [1.54, 1.807) is 12.1 Å². The molecule has 3 aliphatic heterocycles. The maximum absolute atomic E-state index is 13.2. The molecule has 0 radical (unpaired) electrons. The van der Waals surface area contributed by atoms with Crippen LogP contribution < -0.4 is 9.80 Å². The average molecular weight is 620 g/mol. The third kappa shape index (κ3) is 5.24. The lowest BCUT2D eigenvalue weighted by molar-refractivity contribution is 0.0970. The van der Waals surface area contributed by atoms with Crippen molar-refractivity contribution in [2.24, 2.45) is 5.92 Å². The molecule has 0 aliphatic carbocycles. The second-order valence-electron chi connectivity index (χ2n) is 10.8. The number of likely N-dealkylation sites (tertiary alicyclic amines) is 1. The SMILES string of the molecule is CC(C)CCOC(=O)N1CCN2c3c(cccc31)[C@@H]1CN(CCCC(=O)c3ccc(F)cc3)CC[C@@]12I. The lowest BCUT2D eigenvalue weighted by Gasteiger charge is -2.47. The molecule has 8 heteroatoms. The van der Waals surface area contributed by atoms with Gasteiger partial charge in [-0.1, -0.05) is 48.6 Å². The molecule has 0 unspecified atom stereocenters. The van der Waals surface area contributed by atoms with Crippen molar-refractivity contribution >= 4 is 45.8 Å². The molecule has 198 valence electrons. The Kier molecular flexibility index (Phi) is 7.77. The zero-order valence-electron chi connectivity index (χ0n) is 21.6. The molecule has 3 heterocycles. The molecule has 0 aromatic heterocycles. The molecule has 37 heavy (non-hydrogen) atoms. The summed E-state index contributed by atoms with van der Waals surface area (Å²) in [5, 5.41) is 0. The molecule has 2 aromatic carbocycles. The molecule has 1 fully saturated rings. The Hall–Kier alpha value is -2.20. The smallest absolute Gasteiger partial charge is 0.414 e. The minimum absolute atomic E-state index is 0.00966. The van der Waals surface area contributed by atoms with E-state index in [4.69, 9.17) is 4.74 Å². The van der Waals surface area contributed by atoms with Gasteiger partial charge in [0.2, 0.25) is 0 Å². The molecule has 6 nitrogen and oxygen atoms in total. The molecule has 1 amide bonds. The van der Waals surface area contributed by atoms with Gasteiger partial charge in [0.25, 0.3) is 0 Å². The van der Waals surface area contributed by atoms with Gasteiger partial charge in [0.05, 0.1) is 18.0 Å². The Morgan fingerprint density at radius 1 is 1.14 bits per heavy atom. The maximum atomic E-state index is 13.2. The number of ether oxygens (including phenoxy) is 1. The number of carbonyl (C=O) groups is 2. The van der Waals surface area contributed by atoms with Gasteiger partial charge in [-0.3, -0.25) is 9.69 Å². The third-order valence-electron chi connectivity index (χ3n) is 7.92. The summed E-state index contributed by atoms with van der Waals surface area (Å²) in [6.45, 7) is 8.90. The highest BCUT2D eigenvalue weighted by molar-refractivity contribution is 14.1. The van der Waals surface area contributed by atoms with E-state index in [2.05, 4.69) is 58.4 Å². The van der Waals surface area contributed by atoms with Gasteiger partial charge in [-0.2, -0.15) is 0 Å². The first kappa shape index (κ1) is 26.4. The quantitative estimate of drug-likeness (QED) is 0.152. The number of benzene rings is 2. The minimum Gasteiger partial charge on any atom is -0.449 e. The molecular formula is C29H35FIN3O3. The summed E-state index contributed by atoms with van der Waals surface area (Å²) in [6.07, 6.45) is 2.88. The summed E-state index contributed by atoms with van der Waals surface area (Å²) >= 11 is 2.65. The number of Topliss-reactive ketones (excluding diaryl/α,β-unsaturated/α-hetero) is 1. The lowest BCUT2D eigenvalue weighted by Crippen LogP contribution is -2.56. The van der Waals surface area contributed by atoms with Crippen LogP contribution in [0.1, 0.15) is 61.4 Å². The number of amides is 1. The number of carbonyl (C=O) groups excluding carboxylic acids is 2. The maximum Gasteiger partial charge on any atom is 0.414 e. The number of anilines is 2. The van der Waals surface area contributed by atoms with E-state index in [-0.39, 0.29) is 21.2 Å². The van der Waals surface area contributed by atoms with Crippen LogP contribution in [0, 0.1) is 11.7 Å². The van der Waals surface area contributed by atoms with Crippen molar-refractivity contribution in [3.63, 3.8) is 0 Å². The molecule has 0 spiro atoms. The number of alkyl halides is 1. The van der Waals surface area contributed by atoms with E-state index < -0.39 is 0 Å². The Morgan fingerprint density at radius 3 is 2.68 bits per heavy atom. The van der Waals surface area contributed by atoms with Crippen LogP contribution in [0.5, 0.6) is 0 Å². The highest BCUT2D eigenvalue weighted by Gasteiger charge is 2.54. The van der Waals surface area contributed by atoms with E-state index in [0.717, 1.165) is 51.1 Å². The summed E-state index contributed by atoms with van der Waals surface area (Å²) in [5.74, 6) is 0.572. The number of para-hydroxylation sites is 1. The molecule has 5 rings (SSSR count). The first-order valence-electron chi connectivity index (χ1n) is 13.3. The van der Waals surface area contributed by atoms with E-state index in [0.29, 0.717) is 37.0 Å². The van der Waals surface area contributed by atoms with Gasteiger partial charge in [-0.25, -0.2) is 9.18 Å². The lowest BCUT2D eigenvalue weighted by atomic mass is 9.88. The summed E-state index contributed by atoms with van der Waals surface area (Å²) in [4.78, 5) is 32.3. The van der Waals surface area contributed by atoms with Gasteiger partial charge < -0.3 is 14.5 Å². The van der Waals surface area contributed by atoms with E-state index in [9.17, 15) is 14.0 Å². The minimum atomic E-state index is -0.323. The van der Waals surface area contributed by atoms with Crippen LogP contribution >= 0.6 is 22.6 Å². The van der Waals surface area contributed by atoms with E-state index in [1.807, 2.05) is 11.0 Å². The average Bonchev–Trinajstić information content (AvgIpc) is 3.13. The van der Waals surface area contributed by atoms with Crippen molar-refractivity contribution in [2.75, 3.05) is 49.1 Å². The van der Waals surface area contributed by atoms with Crippen LogP contribution in [0.15, 0.2) is 42.5 Å². The fourth-order valence-electron chi connectivity index (χ4n) is 5.88. The van der Waals surface area contributed by atoms with Crippen LogP contribution in [0.25, 0.3) is 0 Å². The highest BCUT2D eigenvalue weighted by Crippen LogP contribution is 2.59. The predicted octanol–water partition coefficient (Wildman–Crippen LogP) is 6.23. The summed E-state index contributed by atoms with van der Waals surface area (Å²) in [7, 11) is 0. The second kappa shape index (κ2) is 10.9. The molecule has 2 aromatic rings. The number of hydrogen-bond acceptors (Lipinski definition) is 5. The summed E-state index contributed by atoms with van der Waals surface area (Å²) in [6, 6.07) is 12.1. The monoisotopic (exact) mass is 619 g/mol. The normalized spacial score (nSPS) is 22.7. The Bertz CT molecular complexity index is 1160. The third-order valence-corrected chi connectivity index (χ3v) is 9.79. The molecule has 0 saturated carbocycles. The number of ketones is 1. The number of rotatable bonds is 8. The number of piperidine rings is 1. The van der Waals surface area contributed by atoms with Gasteiger partial charge in [-0.05, 0) is 67.6 Å². The topological polar surface area (TPSA) is 53.1 Å². The van der Waals surface area contributed by atoms with Crippen molar-refractivity contribution in [3.8, 4) is 0 Å². The van der Waals surface area contributed by atoms with Crippen molar-refractivity contribution in [1.29, 1.82) is 0 Å². The zero-order valence-corrected chi connectivity index (χ0v) is 23.7. The van der Waals surface area contributed by atoms with E-state index in [1.165, 1.54) is 23.4 Å². The van der Waals surface area contributed by atoms with Crippen LogP contribution in [-0.4, -0.2) is 59.7 Å². The predicted molar refractivity (Wildman–Crippen MR) is 152 cm³/mol. The molecule has 1 saturated heterocycles. The van der Waals surface area contributed by atoms with Gasteiger partial charge in [0.15, 0.2) is 5.78 Å². The van der Waals surface area contributed by atoms with Gasteiger partial charge in [0, 0.05) is 44.1 Å². The number of halogens is 2. The van der Waals surface area contributed by atoms with Crippen LogP contribution in [0.3, 0.4) is 0 Å². The van der Waals surface area contributed by atoms with Crippen molar-refractivity contribution < 1.29 is 18.7 Å². The number of hydrogen-bond donors (Lipinski definition) is 0. The van der Waals surface area contributed by atoms with E-state index >= 15 is 0 Å². The van der Waals surface area contributed by atoms with Crippen LogP contribution in [0.4, 0.5) is 20.6 Å². The standard InChI is InChI=1S/C29H35FIN3O3/c1-20(2)12-18-37-28(36)33-16-17-34-27-23(5-3-6-25(27)33)24-19-32(15-13-29(24,34)31)14-4-7-26(35)21-8-10-22(30)11-9-21/h3,5-6,8-11,20,24H,4,7,12-19H2,1-2H3/t24-,29-/m0/s1. The van der Waals surface area contributed by atoms with Crippen LogP contribution in [0.2, 0.25) is 0 Å². The molecular weight excluding hydrogens is 584 g/mol. The van der Waals surface area contributed by atoms with Gasteiger partial charge in [0.1, 0.15) is 9.36 Å². The molecule has 2 atom stereocenters. The second-order valence-corrected chi connectivity index (χ2v) is 12.6. The summed E-state index contributed by atoms with van der Waals surface area (Å²) < 4.78 is 18.8. The first-order chi connectivity index (χ1) is 17.8. The van der Waals surface area contributed by atoms with Crippen LogP contribution in [-0.2, 0) is 4.74 Å². The fraction of sp³-hybridized carbons (Fsp3) is 0.517. The van der Waals surface area contributed by atoms with Crippen molar-refractivity contribution in [2.45, 2.75) is 49.0 Å². The van der Waals surface area contributed by atoms with Crippen molar-refractivity contribution in [1.82, 2.24) is 4.90 Å². The zero-order chi connectivity index (χ0) is 26.2. The molecule has 0 N–H and O–H groups in total. The number of nitrogens with zero attached hydrogens (tertiary/aromatic N) is 3. The Morgan fingerprint density at radius 2 is 1.92 bits per heavy atom. The van der Waals surface area contributed by atoms with Crippen molar-refractivity contribution in [3.05, 3.63) is 59.4 Å². The van der Waals surface area contributed by atoms with Gasteiger partial charge >= 0.3 is 6.09 Å². The Balaban J connectivity index is 1.25. The molecule has 3 aliphatic rings. The fourth-order valence-corrected chi connectivity index (χ4v) is 7.14. The first-order valence-corrected chi connectivity index (χ1v) is 14.4. The molecule has 0 bridgehead atoms. The Labute approximate surface area is 232 Å².